The monoisotopic (exact) mass is 184 g/mol. The Morgan fingerprint density at radius 1 is 1.36 bits per heavy atom. The first-order valence-corrected chi connectivity index (χ1v) is 4.74. The quantitative estimate of drug-likeness (QED) is 0.669. The third kappa shape index (κ3) is 1.18. The molecule has 1 aromatic carbocycles. The Bertz CT molecular complexity index is 515. The van der Waals surface area contributed by atoms with Crippen LogP contribution < -0.4 is 0 Å². The minimum absolute atomic E-state index is 0.716. The molecule has 0 aliphatic rings. The maximum atomic E-state index is 8.88. The molecule has 0 spiro atoms. The number of aromatic nitrogens is 1. The molecular formula is C12H12N2. The molecule has 0 atom stereocenters. The highest BCUT2D eigenvalue weighted by Gasteiger charge is 2.04. The van der Waals surface area contributed by atoms with Crippen LogP contribution in [0.2, 0.25) is 0 Å². The van der Waals surface area contributed by atoms with Crippen LogP contribution in [0.3, 0.4) is 0 Å². The lowest BCUT2D eigenvalue weighted by Gasteiger charge is -1.99. The lowest BCUT2D eigenvalue weighted by molar-refractivity contribution is 0.946. The largest absolute Gasteiger partial charge is 0.335 e. The zero-order chi connectivity index (χ0) is 10.1. The second-order valence-electron chi connectivity index (χ2n) is 3.45. The standard InChI is InChI=1S/C12H12N2/c1-3-9-4-5-12-10(6-9)7-11(8-13)14(12)2/h4-7H,3H2,1-2H3. The second kappa shape index (κ2) is 3.19. The van der Waals surface area contributed by atoms with Crippen molar-refractivity contribution in [2.75, 3.05) is 0 Å². The third-order valence-electron chi connectivity index (χ3n) is 2.63. The van der Waals surface area contributed by atoms with Gasteiger partial charge >= 0.3 is 0 Å². The van der Waals surface area contributed by atoms with E-state index in [1.165, 1.54) is 5.56 Å². The summed E-state index contributed by atoms with van der Waals surface area (Å²) in [5.41, 5.74) is 3.15. The number of nitrogens with zero attached hydrogens (tertiary/aromatic N) is 2. The first kappa shape index (κ1) is 8.83. The van der Waals surface area contributed by atoms with Crippen LogP contribution in [0.4, 0.5) is 0 Å². The van der Waals surface area contributed by atoms with Crippen molar-refractivity contribution in [2.24, 2.45) is 7.05 Å². The molecule has 0 unspecified atom stereocenters. The van der Waals surface area contributed by atoms with Crippen molar-refractivity contribution in [1.82, 2.24) is 4.57 Å². The van der Waals surface area contributed by atoms with Crippen LogP contribution in [0.5, 0.6) is 0 Å². The summed E-state index contributed by atoms with van der Waals surface area (Å²) < 4.78 is 1.93. The summed E-state index contributed by atoms with van der Waals surface area (Å²) in [5, 5.41) is 10.0. The molecular weight excluding hydrogens is 172 g/mol. The predicted octanol–water partition coefficient (Wildman–Crippen LogP) is 2.61. The molecule has 0 radical (unpaired) electrons. The molecule has 1 aromatic heterocycles. The summed E-state index contributed by atoms with van der Waals surface area (Å²) in [6.45, 7) is 2.13. The Balaban J connectivity index is 2.74. The van der Waals surface area contributed by atoms with Gasteiger partial charge in [-0.2, -0.15) is 5.26 Å². The minimum atomic E-state index is 0.716. The molecule has 0 fully saturated rings. The van der Waals surface area contributed by atoms with Crippen molar-refractivity contribution in [3.8, 4) is 6.07 Å². The fraction of sp³-hybridized carbons (Fsp3) is 0.250. The molecule has 0 N–H and O–H groups in total. The zero-order valence-corrected chi connectivity index (χ0v) is 8.41. The van der Waals surface area contributed by atoms with Gasteiger partial charge in [-0.05, 0) is 30.2 Å². The SMILES string of the molecule is CCc1ccc2c(c1)cc(C#N)n2C. The van der Waals surface area contributed by atoms with Crippen molar-refractivity contribution in [1.29, 1.82) is 5.26 Å². The first-order valence-electron chi connectivity index (χ1n) is 4.74. The number of hydrogen-bond acceptors (Lipinski definition) is 1. The highest BCUT2D eigenvalue weighted by atomic mass is 14.9. The fourth-order valence-electron chi connectivity index (χ4n) is 1.73. The van der Waals surface area contributed by atoms with Gasteiger partial charge in [0.25, 0.3) is 0 Å². The summed E-state index contributed by atoms with van der Waals surface area (Å²) in [6, 6.07) is 10.5. The summed E-state index contributed by atoms with van der Waals surface area (Å²) in [4.78, 5) is 0. The number of nitriles is 1. The Hall–Kier alpha value is -1.75. The molecule has 70 valence electrons. The van der Waals surface area contributed by atoms with E-state index in [1.54, 1.807) is 0 Å². The zero-order valence-electron chi connectivity index (χ0n) is 8.41. The molecule has 14 heavy (non-hydrogen) atoms. The topological polar surface area (TPSA) is 28.7 Å². The molecule has 2 aromatic rings. The minimum Gasteiger partial charge on any atom is -0.335 e. The number of aryl methyl sites for hydroxylation is 2. The molecule has 0 amide bonds. The van der Waals surface area contributed by atoms with Crippen molar-refractivity contribution >= 4 is 10.9 Å². The smallest absolute Gasteiger partial charge is 0.121 e. The number of rotatable bonds is 1. The molecule has 0 bridgehead atoms. The van der Waals surface area contributed by atoms with Gasteiger partial charge in [0, 0.05) is 18.0 Å². The van der Waals surface area contributed by atoms with E-state index < -0.39 is 0 Å². The van der Waals surface area contributed by atoms with E-state index in [-0.39, 0.29) is 0 Å². The van der Waals surface area contributed by atoms with Crippen molar-refractivity contribution < 1.29 is 0 Å². The Morgan fingerprint density at radius 2 is 2.14 bits per heavy atom. The first-order chi connectivity index (χ1) is 6.76. The van der Waals surface area contributed by atoms with Crippen LogP contribution in [0.25, 0.3) is 10.9 Å². The van der Waals surface area contributed by atoms with E-state index in [4.69, 9.17) is 5.26 Å². The average Bonchev–Trinajstić information content (AvgIpc) is 2.55. The van der Waals surface area contributed by atoms with Crippen molar-refractivity contribution in [3.05, 3.63) is 35.5 Å². The highest BCUT2D eigenvalue weighted by molar-refractivity contribution is 5.82. The van der Waals surface area contributed by atoms with E-state index in [2.05, 4.69) is 31.2 Å². The molecule has 2 rings (SSSR count). The van der Waals surface area contributed by atoms with Crippen LogP contribution >= 0.6 is 0 Å². The van der Waals surface area contributed by atoms with Gasteiger partial charge in [-0.1, -0.05) is 13.0 Å². The Kier molecular flexibility index (Phi) is 2.01. The van der Waals surface area contributed by atoms with Gasteiger partial charge < -0.3 is 4.57 Å². The van der Waals surface area contributed by atoms with Crippen LogP contribution in [-0.4, -0.2) is 4.57 Å². The molecule has 1 heterocycles. The van der Waals surface area contributed by atoms with Crippen LogP contribution in [0.1, 0.15) is 18.2 Å². The Labute approximate surface area is 83.4 Å². The number of hydrogen-bond donors (Lipinski definition) is 0. The van der Waals surface area contributed by atoms with Gasteiger partial charge in [0.1, 0.15) is 11.8 Å². The predicted molar refractivity (Wildman–Crippen MR) is 57.0 cm³/mol. The third-order valence-corrected chi connectivity index (χ3v) is 2.63. The van der Waals surface area contributed by atoms with Gasteiger partial charge in [0.05, 0.1) is 0 Å². The van der Waals surface area contributed by atoms with Crippen LogP contribution in [-0.2, 0) is 13.5 Å². The number of benzene rings is 1. The maximum Gasteiger partial charge on any atom is 0.121 e. The lowest BCUT2D eigenvalue weighted by atomic mass is 10.1. The normalized spacial score (nSPS) is 10.4. The van der Waals surface area contributed by atoms with Gasteiger partial charge in [0.2, 0.25) is 0 Å². The summed E-state index contributed by atoms with van der Waals surface area (Å²) in [6.07, 6.45) is 1.03. The van der Waals surface area contributed by atoms with Crippen LogP contribution in [0.15, 0.2) is 24.3 Å². The van der Waals surface area contributed by atoms with Crippen molar-refractivity contribution in [2.45, 2.75) is 13.3 Å². The van der Waals surface area contributed by atoms with E-state index in [9.17, 15) is 0 Å². The average molecular weight is 184 g/mol. The molecule has 2 heteroatoms. The molecule has 2 nitrogen and oxygen atoms in total. The highest BCUT2D eigenvalue weighted by Crippen LogP contribution is 2.19. The molecule has 0 aliphatic carbocycles. The molecule has 0 aliphatic heterocycles. The lowest BCUT2D eigenvalue weighted by Crippen LogP contribution is -1.90. The van der Waals surface area contributed by atoms with E-state index in [0.29, 0.717) is 5.69 Å². The summed E-state index contributed by atoms with van der Waals surface area (Å²) in [7, 11) is 1.92. The van der Waals surface area contributed by atoms with Gasteiger partial charge in [-0.15, -0.1) is 0 Å². The van der Waals surface area contributed by atoms with Gasteiger partial charge in [-0.25, -0.2) is 0 Å². The van der Waals surface area contributed by atoms with Gasteiger partial charge in [-0.3, -0.25) is 0 Å². The van der Waals surface area contributed by atoms with Gasteiger partial charge in [0.15, 0.2) is 0 Å². The van der Waals surface area contributed by atoms with Crippen molar-refractivity contribution in [3.63, 3.8) is 0 Å². The van der Waals surface area contributed by atoms with Crippen LogP contribution in [0, 0.1) is 11.3 Å². The maximum absolute atomic E-state index is 8.88. The van der Waals surface area contributed by atoms with E-state index >= 15 is 0 Å². The van der Waals surface area contributed by atoms with E-state index in [1.807, 2.05) is 17.7 Å². The fourth-order valence-corrected chi connectivity index (χ4v) is 1.73. The Morgan fingerprint density at radius 3 is 2.79 bits per heavy atom. The summed E-state index contributed by atoms with van der Waals surface area (Å²) in [5.74, 6) is 0. The summed E-state index contributed by atoms with van der Waals surface area (Å²) >= 11 is 0. The van der Waals surface area contributed by atoms with E-state index in [0.717, 1.165) is 17.3 Å². The second-order valence-corrected chi connectivity index (χ2v) is 3.45. The molecule has 0 saturated carbocycles. The molecule has 0 saturated heterocycles. The number of fused-ring (bicyclic) bond motifs is 1.